The van der Waals surface area contributed by atoms with E-state index in [1.165, 1.54) is 5.56 Å². The monoisotopic (exact) mass is 505 g/mol. The van der Waals surface area contributed by atoms with E-state index in [4.69, 9.17) is 4.74 Å². The zero-order valence-corrected chi connectivity index (χ0v) is 20.2. The number of aliphatic imine (C=N–C) groups is 1. The normalized spacial score (nSPS) is 17.7. The number of carbonyl (C=O) groups excluding carboxylic acids is 1. The molecule has 0 aliphatic carbocycles. The summed E-state index contributed by atoms with van der Waals surface area (Å²) >= 11 is 0. The van der Waals surface area contributed by atoms with E-state index in [0.717, 1.165) is 51.4 Å². The van der Waals surface area contributed by atoms with Crippen molar-refractivity contribution >= 4 is 36.0 Å². The summed E-state index contributed by atoms with van der Waals surface area (Å²) in [6.07, 6.45) is 7.12. The number of piperidine rings is 1. The second kappa shape index (κ2) is 11.5. The summed E-state index contributed by atoms with van der Waals surface area (Å²) in [5.41, 5.74) is 0.781. The number of hydrogen-bond acceptors (Lipinski definition) is 3. The Balaban J connectivity index is 0.00000392. The molecular weight excluding hydrogens is 469 g/mol. The maximum absolute atomic E-state index is 12.3. The van der Waals surface area contributed by atoms with Gasteiger partial charge in [-0.15, -0.1) is 24.0 Å². The predicted octanol–water partition coefficient (Wildman–Crippen LogP) is 3.35. The van der Waals surface area contributed by atoms with Gasteiger partial charge in [-0.3, -0.25) is 4.99 Å². The number of hydrogen-bond donors (Lipinski definition) is 2. The highest BCUT2D eigenvalue weighted by atomic mass is 127. The third-order valence-electron chi connectivity index (χ3n) is 4.59. The zero-order chi connectivity index (χ0) is 19.9. The second-order valence-corrected chi connectivity index (χ2v) is 8.26. The molecule has 1 aliphatic rings. The molecule has 1 aromatic rings. The topological polar surface area (TPSA) is 70.9 Å². The molecule has 160 valence electrons. The number of likely N-dealkylation sites (tertiary alicyclic amines) is 1. The van der Waals surface area contributed by atoms with Crippen molar-refractivity contribution in [1.29, 1.82) is 0 Å². The second-order valence-electron chi connectivity index (χ2n) is 8.26. The first kappa shape index (κ1) is 24.6. The molecule has 1 aliphatic heterocycles. The van der Waals surface area contributed by atoms with Crippen LogP contribution in [0.15, 0.2) is 23.5 Å². The first-order valence-electron chi connectivity index (χ1n) is 9.80. The molecule has 0 radical (unpaired) electrons. The highest BCUT2D eigenvalue weighted by Crippen LogP contribution is 2.21. The number of rotatable bonds is 5. The van der Waals surface area contributed by atoms with Crippen molar-refractivity contribution in [3.05, 3.63) is 24.0 Å². The standard InChI is InChI=1S/C20H35N5O2.HI/c1-20(2,3)27-19(26)25-11-6-7-16(15-25)8-10-22-18(21-4)23-13-17-9-12-24(5)14-17;/h9,12,14,16H,6-8,10-11,13,15H2,1-5H3,(H2,21,22,23);1H. The molecule has 1 amide bonds. The van der Waals surface area contributed by atoms with E-state index in [9.17, 15) is 4.79 Å². The van der Waals surface area contributed by atoms with Gasteiger partial charge in [0.1, 0.15) is 5.60 Å². The van der Waals surface area contributed by atoms with Crippen LogP contribution in [0.2, 0.25) is 0 Å². The van der Waals surface area contributed by atoms with Crippen molar-refractivity contribution in [3.8, 4) is 0 Å². The van der Waals surface area contributed by atoms with Gasteiger partial charge in [-0.2, -0.15) is 0 Å². The first-order chi connectivity index (χ1) is 12.8. The van der Waals surface area contributed by atoms with E-state index in [0.29, 0.717) is 5.92 Å². The van der Waals surface area contributed by atoms with Crippen LogP contribution in [-0.2, 0) is 18.3 Å². The minimum atomic E-state index is -0.442. The Labute approximate surface area is 186 Å². The Morgan fingerprint density at radius 3 is 2.71 bits per heavy atom. The fourth-order valence-electron chi connectivity index (χ4n) is 3.26. The van der Waals surface area contributed by atoms with Crippen LogP contribution in [0.3, 0.4) is 0 Å². The summed E-state index contributed by atoms with van der Waals surface area (Å²) in [6, 6.07) is 2.09. The van der Waals surface area contributed by atoms with Gasteiger partial charge < -0.3 is 24.8 Å². The molecule has 1 fully saturated rings. The van der Waals surface area contributed by atoms with Gasteiger partial charge in [0.25, 0.3) is 0 Å². The van der Waals surface area contributed by atoms with E-state index in [1.54, 1.807) is 7.05 Å². The van der Waals surface area contributed by atoms with Gasteiger partial charge in [-0.25, -0.2) is 4.79 Å². The summed E-state index contributed by atoms with van der Waals surface area (Å²) in [5, 5.41) is 6.70. The highest BCUT2D eigenvalue weighted by Gasteiger charge is 2.27. The molecule has 1 aromatic heterocycles. The van der Waals surface area contributed by atoms with Crippen LogP contribution in [0.4, 0.5) is 4.79 Å². The summed E-state index contributed by atoms with van der Waals surface area (Å²) < 4.78 is 7.54. The summed E-state index contributed by atoms with van der Waals surface area (Å²) in [7, 11) is 3.80. The van der Waals surface area contributed by atoms with Crippen LogP contribution in [-0.4, -0.2) is 53.8 Å². The lowest BCUT2D eigenvalue weighted by atomic mass is 9.95. The number of guanidine groups is 1. The smallest absolute Gasteiger partial charge is 0.410 e. The van der Waals surface area contributed by atoms with E-state index in [-0.39, 0.29) is 30.1 Å². The quantitative estimate of drug-likeness (QED) is 0.366. The van der Waals surface area contributed by atoms with E-state index in [2.05, 4.69) is 27.9 Å². The lowest BCUT2D eigenvalue weighted by Crippen LogP contribution is -2.44. The fraction of sp³-hybridized carbons (Fsp3) is 0.700. The Hall–Kier alpha value is -1.45. The van der Waals surface area contributed by atoms with Gasteiger partial charge in [0.15, 0.2) is 5.96 Å². The van der Waals surface area contributed by atoms with E-state index in [1.807, 2.05) is 43.5 Å². The lowest BCUT2D eigenvalue weighted by molar-refractivity contribution is 0.0162. The summed E-state index contributed by atoms with van der Waals surface area (Å²) in [5.74, 6) is 1.30. The van der Waals surface area contributed by atoms with Crippen LogP contribution in [0.5, 0.6) is 0 Å². The molecule has 0 aromatic carbocycles. The SMILES string of the molecule is CN=C(NCCC1CCCN(C(=O)OC(C)(C)C)C1)NCc1ccn(C)c1.I. The molecule has 1 atom stereocenters. The Morgan fingerprint density at radius 1 is 1.36 bits per heavy atom. The fourth-order valence-corrected chi connectivity index (χ4v) is 3.26. The van der Waals surface area contributed by atoms with Crippen LogP contribution in [0.1, 0.15) is 45.6 Å². The first-order valence-corrected chi connectivity index (χ1v) is 9.80. The minimum Gasteiger partial charge on any atom is -0.444 e. The maximum atomic E-state index is 12.3. The van der Waals surface area contributed by atoms with Gasteiger partial charge in [-0.1, -0.05) is 0 Å². The van der Waals surface area contributed by atoms with Gasteiger partial charge in [0, 0.05) is 52.7 Å². The number of nitrogens with one attached hydrogen (secondary N) is 2. The van der Waals surface area contributed by atoms with Crippen molar-refractivity contribution in [1.82, 2.24) is 20.1 Å². The minimum absolute atomic E-state index is 0. The average molecular weight is 505 g/mol. The maximum Gasteiger partial charge on any atom is 0.410 e. The van der Waals surface area contributed by atoms with Crippen LogP contribution in [0, 0.1) is 5.92 Å². The van der Waals surface area contributed by atoms with Gasteiger partial charge >= 0.3 is 6.09 Å². The molecule has 2 rings (SSSR count). The Bertz CT molecular complexity index is 639. The van der Waals surface area contributed by atoms with Crippen molar-refractivity contribution in [2.45, 2.75) is 52.2 Å². The Morgan fingerprint density at radius 2 is 2.11 bits per heavy atom. The zero-order valence-electron chi connectivity index (χ0n) is 17.8. The summed E-state index contributed by atoms with van der Waals surface area (Å²) in [6.45, 7) is 8.86. The predicted molar refractivity (Wildman–Crippen MR) is 124 cm³/mol. The molecule has 2 N–H and O–H groups in total. The van der Waals surface area contributed by atoms with Crippen LogP contribution < -0.4 is 10.6 Å². The molecule has 28 heavy (non-hydrogen) atoms. The number of aromatic nitrogens is 1. The highest BCUT2D eigenvalue weighted by molar-refractivity contribution is 14.0. The van der Waals surface area contributed by atoms with E-state index >= 15 is 0 Å². The molecule has 1 saturated heterocycles. The molecular formula is C20H36IN5O2. The van der Waals surface area contributed by atoms with Crippen molar-refractivity contribution in [2.75, 3.05) is 26.7 Å². The third-order valence-corrected chi connectivity index (χ3v) is 4.59. The number of aryl methyl sites for hydroxylation is 1. The average Bonchev–Trinajstić information content (AvgIpc) is 3.02. The molecule has 7 nitrogen and oxygen atoms in total. The number of ether oxygens (including phenoxy) is 1. The molecule has 1 unspecified atom stereocenters. The number of amides is 1. The van der Waals surface area contributed by atoms with Gasteiger partial charge in [0.05, 0.1) is 0 Å². The molecule has 0 bridgehead atoms. The van der Waals surface area contributed by atoms with Gasteiger partial charge in [0.2, 0.25) is 0 Å². The number of carbonyl (C=O) groups is 1. The van der Waals surface area contributed by atoms with Crippen molar-refractivity contribution in [3.63, 3.8) is 0 Å². The Kier molecular flexibility index (Phi) is 10.1. The number of halogens is 1. The molecule has 0 spiro atoms. The van der Waals surface area contributed by atoms with E-state index < -0.39 is 5.60 Å². The molecule has 2 heterocycles. The largest absolute Gasteiger partial charge is 0.444 e. The van der Waals surface area contributed by atoms with Gasteiger partial charge in [-0.05, 0) is 57.6 Å². The lowest BCUT2D eigenvalue weighted by Gasteiger charge is -2.34. The molecule has 8 heteroatoms. The van der Waals surface area contributed by atoms with Crippen molar-refractivity contribution in [2.24, 2.45) is 18.0 Å². The third kappa shape index (κ3) is 8.70. The number of nitrogens with zero attached hydrogens (tertiary/aromatic N) is 3. The van der Waals surface area contributed by atoms with Crippen LogP contribution >= 0.6 is 24.0 Å². The summed E-state index contributed by atoms with van der Waals surface area (Å²) in [4.78, 5) is 18.4. The molecule has 0 saturated carbocycles. The van der Waals surface area contributed by atoms with Crippen molar-refractivity contribution < 1.29 is 9.53 Å². The van der Waals surface area contributed by atoms with Crippen LogP contribution in [0.25, 0.3) is 0 Å².